The molecule has 0 aromatic carbocycles. The van der Waals surface area contributed by atoms with Gasteiger partial charge in [-0.3, -0.25) is 4.79 Å². The van der Waals surface area contributed by atoms with Gasteiger partial charge in [-0.25, -0.2) is 0 Å². The van der Waals surface area contributed by atoms with E-state index in [4.69, 9.17) is 0 Å². The van der Waals surface area contributed by atoms with E-state index in [9.17, 15) is 4.79 Å². The van der Waals surface area contributed by atoms with Gasteiger partial charge in [0.15, 0.2) is 0 Å². The lowest BCUT2D eigenvalue weighted by molar-refractivity contribution is -0.123. The van der Waals surface area contributed by atoms with Crippen LogP contribution in [0.1, 0.15) is 51.9 Å². The van der Waals surface area contributed by atoms with Gasteiger partial charge in [0.05, 0.1) is 6.04 Å². The Morgan fingerprint density at radius 3 is 2.44 bits per heavy atom. The highest BCUT2D eigenvalue weighted by atomic mass is 16.2. The molecule has 3 nitrogen and oxygen atoms in total. The summed E-state index contributed by atoms with van der Waals surface area (Å²) in [4.78, 5) is 11.8. The average Bonchev–Trinajstić information content (AvgIpc) is 2.67. The van der Waals surface area contributed by atoms with Crippen LogP contribution in [0.15, 0.2) is 0 Å². The fourth-order valence-corrected chi connectivity index (χ4v) is 2.53. The monoisotopic (exact) mass is 224 g/mol. The highest BCUT2D eigenvalue weighted by Gasteiger charge is 2.22. The summed E-state index contributed by atoms with van der Waals surface area (Å²) in [6.07, 6.45) is 8.93. The molecule has 0 bridgehead atoms. The van der Waals surface area contributed by atoms with E-state index in [1.165, 1.54) is 44.9 Å². The fourth-order valence-electron chi connectivity index (χ4n) is 2.53. The maximum atomic E-state index is 11.8. The molecule has 2 aliphatic carbocycles. The third-order valence-corrected chi connectivity index (χ3v) is 4.03. The highest BCUT2D eigenvalue weighted by Crippen LogP contribution is 2.25. The van der Waals surface area contributed by atoms with Gasteiger partial charge in [-0.15, -0.1) is 0 Å². The Morgan fingerprint density at radius 2 is 1.88 bits per heavy atom. The molecule has 92 valence electrons. The summed E-state index contributed by atoms with van der Waals surface area (Å²) in [5, 5.41) is 6.48. The van der Waals surface area contributed by atoms with Gasteiger partial charge in [-0.05, 0) is 45.1 Å². The van der Waals surface area contributed by atoms with Gasteiger partial charge in [0, 0.05) is 6.04 Å². The summed E-state index contributed by atoms with van der Waals surface area (Å²) in [5.41, 5.74) is 0. The van der Waals surface area contributed by atoms with Crippen molar-refractivity contribution >= 4 is 5.91 Å². The van der Waals surface area contributed by atoms with Crippen LogP contribution in [0.2, 0.25) is 0 Å². The van der Waals surface area contributed by atoms with Gasteiger partial charge in [0.1, 0.15) is 0 Å². The molecule has 2 aliphatic rings. The minimum Gasteiger partial charge on any atom is -0.352 e. The summed E-state index contributed by atoms with van der Waals surface area (Å²) in [6.45, 7) is 2.99. The molecule has 0 saturated heterocycles. The highest BCUT2D eigenvalue weighted by molar-refractivity contribution is 5.81. The molecule has 0 aliphatic heterocycles. The molecule has 3 heteroatoms. The molecule has 0 heterocycles. The fraction of sp³-hybridized carbons (Fsp3) is 0.923. The summed E-state index contributed by atoms with van der Waals surface area (Å²) in [5.74, 6) is 1.01. The smallest absolute Gasteiger partial charge is 0.237 e. The van der Waals surface area contributed by atoms with Gasteiger partial charge < -0.3 is 10.6 Å². The molecule has 2 saturated carbocycles. The Balaban J connectivity index is 1.62. The first kappa shape index (κ1) is 11.9. The number of hydrogen-bond acceptors (Lipinski definition) is 2. The number of carbonyl (C=O) groups excluding carboxylic acids is 1. The van der Waals surface area contributed by atoms with Crippen molar-refractivity contribution in [1.29, 1.82) is 0 Å². The zero-order valence-electron chi connectivity index (χ0n) is 10.3. The van der Waals surface area contributed by atoms with Crippen molar-refractivity contribution in [2.75, 3.05) is 6.54 Å². The zero-order chi connectivity index (χ0) is 11.4. The lowest BCUT2D eigenvalue weighted by atomic mass is 9.85. The SMILES string of the molecule is CC(NCC1CCC1)C(=O)NC1CCCC1. The number of amides is 1. The van der Waals surface area contributed by atoms with E-state index >= 15 is 0 Å². The molecule has 0 radical (unpaired) electrons. The lowest BCUT2D eigenvalue weighted by Crippen LogP contribution is -2.47. The van der Waals surface area contributed by atoms with Crippen molar-refractivity contribution in [1.82, 2.24) is 10.6 Å². The molecule has 2 rings (SSSR count). The number of hydrogen-bond donors (Lipinski definition) is 2. The molecule has 1 unspecified atom stereocenters. The van der Waals surface area contributed by atoms with Crippen molar-refractivity contribution in [3.05, 3.63) is 0 Å². The van der Waals surface area contributed by atoms with E-state index in [1.807, 2.05) is 6.92 Å². The largest absolute Gasteiger partial charge is 0.352 e. The molecule has 2 N–H and O–H groups in total. The first-order valence-corrected chi connectivity index (χ1v) is 6.79. The van der Waals surface area contributed by atoms with Crippen LogP contribution < -0.4 is 10.6 Å². The first-order chi connectivity index (χ1) is 7.75. The third kappa shape index (κ3) is 3.21. The molecule has 2 fully saturated rings. The van der Waals surface area contributed by atoms with Crippen LogP contribution >= 0.6 is 0 Å². The van der Waals surface area contributed by atoms with Crippen LogP contribution in [0.5, 0.6) is 0 Å². The molecule has 16 heavy (non-hydrogen) atoms. The minimum absolute atomic E-state index is 0.0267. The summed E-state index contributed by atoms with van der Waals surface area (Å²) >= 11 is 0. The first-order valence-electron chi connectivity index (χ1n) is 6.79. The van der Waals surface area contributed by atoms with Crippen LogP contribution in [-0.2, 0) is 4.79 Å². The Labute approximate surface area is 98.4 Å². The van der Waals surface area contributed by atoms with Crippen LogP contribution in [0.4, 0.5) is 0 Å². The quantitative estimate of drug-likeness (QED) is 0.748. The Kier molecular flexibility index (Phi) is 4.22. The Bertz CT molecular complexity index is 232. The molecule has 0 aromatic rings. The summed E-state index contributed by atoms with van der Waals surface area (Å²) in [6, 6.07) is 0.418. The van der Waals surface area contributed by atoms with Gasteiger partial charge in [0.2, 0.25) is 5.91 Å². The second kappa shape index (κ2) is 5.67. The van der Waals surface area contributed by atoms with E-state index in [-0.39, 0.29) is 11.9 Å². The van der Waals surface area contributed by atoms with Crippen LogP contribution in [0.3, 0.4) is 0 Å². The van der Waals surface area contributed by atoms with Crippen molar-refractivity contribution in [3.8, 4) is 0 Å². The normalized spacial score (nSPS) is 24.1. The van der Waals surface area contributed by atoms with E-state index in [1.54, 1.807) is 0 Å². The standard InChI is InChI=1S/C13H24N2O/c1-10(14-9-11-5-4-6-11)13(16)15-12-7-2-3-8-12/h10-12,14H,2-9H2,1H3,(H,15,16). The molecule has 0 spiro atoms. The van der Waals surface area contributed by atoms with Crippen molar-refractivity contribution in [2.24, 2.45) is 5.92 Å². The summed E-state index contributed by atoms with van der Waals surface area (Å²) in [7, 11) is 0. The van der Waals surface area contributed by atoms with Gasteiger partial charge in [0.25, 0.3) is 0 Å². The van der Waals surface area contributed by atoms with Crippen LogP contribution in [0, 0.1) is 5.92 Å². The van der Waals surface area contributed by atoms with Gasteiger partial charge in [-0.1, -0.05) is 19.3 Å². The minimum atomic E-state index is -0.0267. The van der Waals surface area contributed by atoms with E-state index in [0.717, 1.165) is 12.5 Å². The zero-order valence-corrected chi connectivity index (χ0v) is 10.3. The number of nitrogens with one attached hydrogen (secondary N) is 2. The van der Waals surface area contributed by atoms with Crippen molar-refractivity contribution in [3.63, 3.8) is 0 Å². The predicted molar refractivity (Wildman–Crippen MR) is 65.2 cm³/mol. The maximum Gasteiger partial charge on any atom is 0.237 e. The molecule has 1 amide bonds. The molecular formula is C13H24N2O. The Morgan fingerprint density at radius 1 is 1.19 bits per heavy atom. The summed E-state index contributed by atoms with van der Waals surface area (Å²) < 4.78 is 0. The molecule has 0 aromatic heterocycles. The molecule has 1 atom stereocenters. The van der Waals surface area contributed by atoms with E-state index in [0.29, 0.717) is 6.04 Å². The lowest BCUT2D eigenvalue weighted by Gasteiger charge is -2.27. The van der Waals surface area contributed by atoms with Crippen LogP contribution in [0.25, 0.3) is 0 Å². The maximum absolute atomic E-state index is 11.8. The second-order valence-electron chi connectivity index (χ2n) is 5.42. The third-order valence-electron chi connectivity index (χ3n) is 4.03. The topological polar surface area (TPSA) is 41.1 Å². The molecular weight excluding hydrogens is 200 g/mol. The van der Waals surface area contributed by atoms with E-state index < -0.39 is 0 Å². The number of rotatable bonds is 5. The Hall–Kier alpha value is -0.570. The van der Waals surface area contributed by atoms with Crippen molar-refractivity contribution in [2.45, 2.75) is 64.0 Å². The van der Waals surface area contributed by atoms with E-state index in [2.05, 4.69) is 10.6 Å². The van der Waals surface area contributed by atoms with Gasteiger partial charge >= 0.3 is 0 Å². The van der Waals surface area contributed by atoms with Crippen molar-refractivity contribution < 1.29 is 4.79 Å². The predicted octanol–water partition coefficient (Wildman–Crippen LogP) is 1.82. The average molecular weight is 224 g/mol. The van der Waals surface area contributed by atoms with Crippen LogP contribution in [-0.4, -0.2) is 24.5 Å². The number of carbonyl (C=O) groups is 1. The second-order valence-corrected chi connectivity index (χ2v) is 5.42. The van der Waals surface area contributed by atoms with Gasteiger partial charge in [-0.2, -0.15) is 0 Å².